The van der Waals surface area contributed by atoms with Gasteiger partial charge in [-0.05, 0) is 17.7 Å². The Kier molecular flexibility index (Phi) is 7.62. The van der Waals surface area contributed by atoms with Gasteiger partial charge in [-0.25, -0.2) is 0 Å². The lowest BCUT2D eigenvalue weighted by atomic mass is 10.2. The summed E-state index contributed by atoms with van der Waals surface area (Å²) in [6.07, 6.45) is 0. The number of nitrogens with one attached hydrogen (secondary N) is 2. The van der Waals surface area contributed by atoms with Gasteiger partial charge in [0, 0.05) is 24.4 Å². The largest absolute Gasteiger partial charge is 0.493 e. The molecule has 0 radical (unpaired) electrons. The van der Waals surface area contributed by atoms with Crippen molar-refractivity contribution >= 4 is 11.6 Å². The third-order valence-corrected chi connectivity index (χ3v) is 4.06. The molecule has 8 heteroatoms. The van der Waals surface area contributed by atoms with Gasteiger partial charge in [-0.1, -0.05) is 6.07 Å². The summed E-state index contributed by atoms with van der Waals surface area (Å²) < 4.78 is 26.4. The number of hydrogen-bond donors (Lipinski definition) is 2. The maximum atomic E-state index is 12.2. The summed E-state index contributed by atoms with van der Waals surface area (Å²) in [5, 5.41) is 5.90. The van der Waals surface area contributed by atoms with Crippen LogP contribution in [0.25, 0.3) is 0 Å². The van der Waals surface area contributed by atoms with Crippen LogP contribution in [-0.4, -0.2) is 48.0 Å². The molecule has 2 aromatic carbocycles. The lowest BCUT2D eigenvalue weighted by Gasteiger charge is -2.15. The van der Waals surface area contributed by atoms with E-state index < -0.39 is 0 Å². The first-order chi connectivity index (χ1) is 13.6. The fraction of sp³-hybridized carbons (Fsp3) is 0.350. The van der Waals surface area contributed by atoms with Crippen LogP contribution in [0.1, 0.15) is 5.56 Å². The second kappa shape index (κ2) is 10.1. The van der Waals surface area contributed by atoms with Crippen LogP contribution in [0.15, 0.2) is 30.3 Å². The van der Waals surface area contributed by atoms with Gasteiger partial charge in [0.15, 0.2) is 23.0 Å². The van der Waals surface area contributed by atoms with Crippen molar-refractivity contribution in [2.75, 3.05) is 47.4 Å². The summed E-state index contributed by atoms with van der Waals surface area (Å²) in [7, 11) is 7.76. The average Bonchev–Trinajstić information content (AvgIpc) is 2.74. The molecule has 0 aliphatic rings. The van der Waals surface area contributed by atoms with E-state index in [2.05, 4.69) is 10.6 Å². The van der Waals surface area contributed by atoms with E-state index in [1.807, 2.05) is 12.1 Å². The Balaban J connectivity index is 1.96. The minimum atomic E-state index is -0.163. The van der Waals surface area contributed by atoms with Gasteiger partial charge in [-0.3, -0.25) is 4.79 Å². The lowest BCUT2D eigenvalue weighted by molar-refractivity contribution is -0.119. The summed E-state index contributed by atoms with van der Waals surface area (Å²) in [6, 6.07) is 8.97. The number of ether oxygens (including phenoxy) is 5. The monoisotopic (exact) mass is 390 g/mol. The van der Waals surface area contributed by atoms with E-state index in [1.165, 1.54) is 21.3 Å². The van der Waals surface area contributed by atoms with Crippen LogP contribution in [0.2, 0.25) is 0 Å². The Morgan fingerprint density at radius 1 is 0.786 bits per heavy atom. The van der Waals surface area contributed by atoms with E-state index in [4.69, 9.17) is 23.7 Å². The molecule has 28 heavy (non-hydrogen) atoms. The predicted molar refractivity (Wildman–Crippen MR) is 106 cm³/mol. The predicted octanol–water partition coefficient (Wildman–Crippen LogP) is 2.46. The first kappa shape index (κ1) is 21.0. The van der Waals surface area contributed by atoms with E-state index >= 15 is 0 Å². The van der Waals surface area contributed by atoms with Crippen molar-refractivity contribution in [3.63, 3.8) is 0 Å². The van der Waals surface area contributed by atoms with E-state index in [-0.39, 0.29) is 12.5 Å². The highest BCUT2D eigenvalue weighted by Gasteiger charge is 2.13. The van der Waals surface area contributed by atoms with Crippen LogP contribution in [-0.2, 0) is 11.3 Å². The molecular weight excluding hydrogens is 364 g/mol. The van der Waals surface area contributed by atoms with Crippen molar-refractivity contribution in [1.29, 1.82) is 0 Å². The molecule has 0 fully saturated rings. The molecular formula is C20H26N2O6. The molecule has 0 aromatic heterocycles. The second-order valence-corrected chi connectivity index (χ2v) is 5.73. The normalized spacial score (nSPS) is 10.0. The minimum Gasteiger partial charge on any atom is -0.493 e. The third kappa shape index (κ3) is 5.12. The maximum Gasteiger partial charge on any atom is 0.239 e. The van der Waals surface area contributed by atoms with Gasteiger partial charge in [0.1, 0.15) is 0 Å². The summed E-state index contributed by atoms with van der Waals surface area (Å²) >= 11 is 0. The van der Waals surface area contributed by atoms with Crippen molar-refractivity contribution in [2.45, 2.75) is 6.54 Å². The first-order valence-electron chi connectivity index (χ1n) is 8.57. The summed E-state index contributed by atoms with van der Waals surface area (Å²) in [5.74, 6) is 2.61. The SMILES string of the molecule is COc1ccc(CNC(=O)CNc2cc(OC)c(OC)c(OC)c2)cc1OC. The molecule has 1 amide bonds. The van der Waals surface area contributed by atoms with Crippen LogP contribution >= 0.6 is 0 Å². The molecule has 2 aromatic rings. The topological polar surface area (TPSA) is 87.3 Å². The molecule has 0 saturated carbocycles. The molecule has 0 bridgehead atoms. The highest BCUT2D eigenvalue weighted by Crippen LogP contribution is 2.39. The quantitative estimate of drug-likeness (QED) is 0.644. The Morgan fingerprint density at radius 2 is 1.39 bits per heavy atom. The molecule has 152 valence electrons. The van der Waals surface area contributed by atoms with Gasteiger partial charge >= 0.3 is 0 Å². The number of methoxy groups -OCH3 is 5. The van der Waals surface area contributed by atoms with Crippen molar-refractivity contribution < 1.29 is 28.5 Å². The van der Waals surface area contributed by atoms with E-state index in [9.17, 15) is 4.79 Å². The second-order valence-electron chi connectivity index (χ2n) is 5.73. The average molecular weight is 390 g/mol. The summed E-state index contributed by atoms with van der Waals surface area (Å²) in [4.78, 5) is 12.2. The zero-order valence-electron chi connectivity index (χ0n) is 16.8. The Morgan fingerprint density at radius 3 is 1.93 bits per heavy atom. The number of amides is 1. The number of benzene rings is 2. The van der Waals surface area contributed by atoms with Gasteiger partial charge in [-0.15, -0.1) is 0 Å². The van der Waals surface area contributed by atoms with E-state index in [1.54, 1.807) is 32.4 Å². The fourth-order valence-corrected chi connectivity index (χ4v) is 2.62. The van der Waals surface area contributed by atoms with Crippen LogP contribution in [0, 0.1) is 0 Å². The van der Waals surface area contributed by atoms with Crippen molar-refractivity contribution in [2.24, 2.45) is 0 Å². The minimum absolute atomic E-state index is 0.0892. The molecule has 0 saturated heterocycles. The number of carbonyl (C=O) groups excluding carboxylic acids is 1. The molecule has 2 N–H and O–H groups in total. The molecule has 8 nitrogen and oxygen atoms in total. The molecule has 0 atom stereocenters. The number of carbonyl (C=O) groups is 1. The van der Waals surface area contributed by atoms with Gasteiger partial charge in [0.2, 0.25) is 11.7 Å². The van der Waals surface area contributed by atoms with Gasteiger partial charge < -0.3 is 34.3 Å². The highest BCUT2D eigenvalue weighted by molar-refractivity contribution is 5.81. The first-order valence-corrected chi connectivity index (χ1v) is 8.57. The van der Waals surface area contributed by atoms with Gasteiger partial charge in [0.25, 0.3) is 0 Å². The number of rotatable bonds is 10. The smallest absolute Gasteiger partial charge is 0.239 e. The summed E-state index contributed by atoms with van der Waals surface area (Å²) in [6.45, 7) is 0.460. The van der Waals surface area contributed by atoms with Crippen LogP contribution in [0.4, 0.5) is 5.69 Å². The Labute approximate surface area is 164 Å². The Hall–Kier alpha value is -3.29. The molecule has 0 aliphatic carbocycles. The van der Waals surface area contributed by atoms with Crippen molar-refractivity contribution in [1.82, 2.24) is 5.32 Å². The van der Waals surface area contributed by atoms with Crippen molar-refractivity contribution in [3.05, 3.63) is 35.9 Å². The van der Waals surface area contributed by atoms with Gasteiger partial charge in [-0.2, -0.15) is 0 Å². The zero-order chi connectivity index (χ0) is 20.5. The molecule has 0 unspecified atom stereocenters. The maximum absolute atomic E-state index is 12.2. The van der Waals surface area contributed by atoms with E-state index in [0.29, 0.717) is 41.0 Å². The Bertz CT molecular complexity index is 784. The number of anilines is 1. The van der Waals surface area contributed by atoms with Crippen LogP contribution in [0.3, 0.4) is 0 Å². The zero-order valence-corrected chi connectivity index (χ0v) is 16.8. The molecule has 0 aliphatic heterocycles. The van der Waals surface area contributed by atoms with E-state index in [0.717, 1.165) is 5.56 Å². The number of hydrogen-bond acceptors (Lipinski definition) is 7. The lowest BCUT2D eigenvalue weighted by Crippen LogP contribution is -2.29. The van der Waals surface area contributed by atoms with Crippen LogP contribution in [0.5, 0.6) is 28.7 Å². The summed E-state index contributed by atoms with van der Waals surface area (Å²) in [5.41, 5.74) is 1.58. The molecule has 2 rings (SSSR count). The molecule has 0 heterocycles. The highest BCUT2D eigenvalue weighted by atomic mass is 16.5. The standard InChI is InChI=1S/C20H26N2O6/c1-24-15-7-6-13(8-16(15)25-2)11-22-19(23)12-21-14-9-17(26-3)20(28-5)18(10-14)27-4/h6-10,21H,11-12H2,1-5H3,(H,22,23). The van der Waals surface area contributed by atoms with Crippen LogP contribution < -0.4 is 34.3 Å². The molecule has 0 spiro atoms. The van der Waals surface area contributed by atoms with Gasteiger partial charge in [0.05, 0.1) is 42.1 Å². The fourth-order valence-electron chi connectivity index (χ4n) is 2.62. The third-order valence-electron chi connectivity index (χ3n) is 4.06. The van der Waals surface area contributed by atoms with Crippen molar-refractivity contribution in [3.8, 4) is 28.7 Å².